The molecule has 2 aromatic rings. The smallest absolute Gasteiger partial charge is 0.268 e. The van der Waals surface area contributed by atoms with E-state index in [0.717, 1.165) is 23.3 Å². The molecular weight excluding hydrogens is 244 g/mol. The zero-order valence-corrected chi connectivity index (χ0v) is 10.8. The molecule has 0 aliphatic carbocycles. The highest BCUT2D eigenvalue weighted by Crippen LogP contribution is 2.30. The number of aryl methyl sites for hydroxylation is 1. The molecule has 0 N–H and O–H groups in total. The van der Waals surface area contributed by atoms with Crippen molar-refractivity contribution in [3.63, 3.8) is 0 Å². The van der Waals surface area contributed by atoms with Gasteiger partial charge in [-0.2, -0.15) is 4.98 Å². The lowest BCUT2D eigenvalue weighted by molar-refractivity contribution is 0.421. The van der Waals surface area contributed by atoms with Gasteiger partial charge in [-0.3, -0.25) is 0 Å². The van der Waals surface area contributed by atoms with Gasteiger partial charge in [0.1, 0.15) is 0 Å². The Morgan fingerprint density at radius 1 is 1.56 bits per heavy atom. The number of rotatable bonds is 4. The van der Waals surface area contributed by atoms with Gasteiger partial charge in [-0.25, -0.2) is 0 Å². The van der Waals surface area contributed by atoms with Crippen LogP contribution in [0, 0.1) is 6.92 Å². The summed E-state index contributed by atoms with van der Waals surface area (Å²) in [5.74, 6) is 1.16. The largest absolute Gasteiger partial charge is 0.333 e. The average Bonchev–Trinajstić information content (AvgIpc) is 2.86. The summed E-state index contributed by atoms with van der Waals surface area (Å²) in [6.45, 7) is 4.11. The molecular formula is C11H13ClN2OS. The first-order chi connectivity index (χ1) is 7.72. The molecule has 0 spiro atoms. The van der Waals surface area contributed by atoms with Crippen LogP contribution >= 0.6 is 22.9 Å². The summed E-state index contributed by atoms with van der Waals surface area (Å²) in [4.78, 5) is 5.36. The Morgan fingerprint density at radius 2 is 2.38 bits per heavy atom. The lowest BCUT2D eigenvalue weighted by Crippen LogP contribution is -1.92. The Hall–Kier alpha value is -0.870. The predicted molar refractivity (Wildman–Crippen MR) is 65.9 cm³/mol. The minimum absolute atomic E-state index is 0.150. The van der Waals surface area contributed by atoms with Crippen LogP contribution in [-0.2, 0) is 0 Å². The van der Waals surface area contributed by atoms with Crippen LogP contribution in [0.5, 0.6) is 0 Å². The van der Waals surface area contributed by atoms with E-state index in [0.29, 0.717) is 11.7 Å². The highest BCUT2D eigenvalue weighted by atomic mass is 35.5. The highest BCUT2D eigenvalue weighted by molar-refractivity contribution is 7.13. The Labute approximate surface area is 103 Å². The Kier molecular flexibility index (Phi) is 3.61. The first-order valence-corrected chi connectivity index (χ1v) is 6.56. The fourth-order valence-electron chi connectivity index (χ4n) is 1.43. The molecule has 5 heteroatoms. The highest BCUT2D eigenvalue weighted by Gasteiger charge is 2.17. The van der Waals surface area contributed by atoms with E-state index in [-0.39, 0.29) is 5.38 Å². The van der Waals surface area contributed by atoms with Gasteiger partial charge in [0.25, 0.3) is 5.89 Å². The summed E-state index contributed by atoms with van der Waals surface area (Å²) >= 11 is 7.74. The molecule has 0 amide bonds. The molecule has 2 heterocycles. The summed E-state index contributed by atoms with van der Waals surface area (Å²) in [5.41, 5.74) is 1.15. The van der Waals surface area contributed by atoms with Crippen LogP contribution in [0.4, 0.5) is 0 Å². The van der Waals surface area contributed by atoms with Gasteiger partial charge in [-0.1, -0.05) is 18.5 Å². The molecule has 2 aromatic heterocycles. The molecule has 16 heavy (non-hydrogen) atoms. The molecule has 0 aromatic carbocycles. The minimum Gasteiger partial charge on any atom is -0.333 e. The lowest BCUT2D eigenvalue weighted by Gasteiger charge is -1.99. The van der Waals surface area contributed by atoms with Crippen LogP contribution in [0.15, 0.2) is 16.0 Å². The molecule has 1 atom stereocenters. The first kappa shape index (κ1) is 11.6. The SMILES string of the molecule is CCCC(Cl)c1noc(-c2sccc2C)n1. The van der Waals surface area contributed by atoms with Crippen molar-refractivity contribution >= 4 is 22.9 Å². The lowest BCUT2D eigenvalue weighted by atomic mass is 10.2. The second-order valence-electron chi connectivity index (χ2n) is 3.65. The van der Waals surface area contributed by atoms with E-state index in [1.165, 1.54) is 0 Å². The van der Waals surface area contributed by atoms with Crippen LogP contribution in [0.25, 0.3) is 10.8 Å². The van der Waals surface area contributed by atoms with Crippen LogP contribution < -0.4 is 0 Å². The van der Waals surface area contributed by atoms with Crippen molar-refractivity contribution in [3.05, 3.63) is 22.8 Å². The van der Waals surface area contributed by atoms with Gasteiger partial charge < -0.3 is 4.52 Å². The summed E-state index contributed by atoms with van der Waals surface area (Å²) in [6, 6.07) is 2.04. The van der Waals surface area contributed by atoms with Crippen LogP contribution in [0.2, 0.25) is 0 Å². The van der Waals surface area contributed by atoms with E-state index in [1.54, 1.807) is 11.3 Å². The minimum atomic E-state index is -0.150. The zero-order chi connectivity index (χ0) is 11.5. The van der Waals surface area contributed by atoms with Crippen LogP contribution in [0.1, 0.15) is 36.5 Å². The van der Waals surface area contributed by atoms with Gasteiger partial charge in [0.15, 0.2) is 5.82 Å². The zero-order valence-electron chi connectivity index (χ0n) is 9.24. The number of hydrogen-bond acceptors (Lipinski definition) is 4. The Balaban J connectivity index is 2.23. The van der Waals surface area contributed by atoms with E-state index in [2.05, 4.69) is 17.1 Å². The monoisotopic (exact) mass is 256 g/mol. The number of nitrogens with zero attached hydrogens (tertiary/aromatic N) is 2. The molecule has 2 rings (SSSR count). The Morgan fingerprint density at radius 3 is 3.00 bits per heavy atom. The summed E-state index contributed by atoms with van der Waals surface area (Å²) in [6.07, 6.45) is 1.88. The fraction of sp³-hybridized carbons (Fsp3) is 0.455. The van der Waals surface area contributed by atoms with Crippen molar-refractivity contribution in [3.8, 4) is 10.8 Å². The normalized spacial score (nSPS) is 12.9. The molecule has 3 nitrogen and oxygen atoms in total. The molecule has 0 aliphatic heterocycles. The van der Waals surface area contributed by atoms with E-state index in [1.807, 2.05) is 18.4 Å². The number of aromatic nitrogens is 2. The average molecular weight is 257 g/mol. The molecule has 0 aliphatic rings. The maximum absolute atomic E-state index is 6.14. The van der Waals surface area contributed by atoms with Crippen molar-refractivity contribution in [1.29, 1.82) is 0 Å². The van der Waals surface area contributed by atoms with Crippen LogP contribution in [-0.4, -0.2) is 10.1 Å². The maximum Gasteiger partial charge on any atom is 0.268 e. The summed E-state index contributed by atoms with van der Waals surface area (Å²) in [7, 11) is 0. The first-order valence-electron chi connectivity index (χ1n) is 5.24. The molecule has 1 unspecified atom stereocenters. The van der Waals surface area contributed by atoms with E-state index in [4.69, 9.17) is 16.1 Å². The fourth-order valence-corrected chi connectivity index (χ4v) is 2.58. The standard InChI is InChI=1S/C11H13ClN2OS/c1-3-4-8(12)10-13-11(15-14-10)9-7(2)5-6-16-9/h5-6,8H,3-4H2,1-2H3. The third-order valence-corrected chi connectivity index (χ3v) is 3.74. The van der Waals surface area contributed by atoms with Crippen molar-refractivity contribution in [1.82, 2.24) is 10.1 Å². The third-order valence-electron chi connectivity index (χ3n) is 2.32. The predicted octanol–water partition coefficient (Wildman–Crippen LogP) is 4.19. The third kappa shape index (κ3) is 2.28. The summed E-state index contributed by atoms with van der Waals surface area (Å²) < 4.78 is 5.22. The van der Waals surface area contributed by atoms with Crippen molar-refractivity contribution in [2.75, 3.05) is 0 Å². The summed E-state index contributed by atoms with van der Waals surface area (Å²) in [5, 5.41) is 5.78. The van der Waals surface area contributed by atoms with Crippen LogP contribution in [0.3, 0.4) is 0 Å². The molecule has 0 fully saturated rings. The second-order valence-corrected chi connectivity index (χ2v) is 5.09. The van der Waals surface area contributed by atoms with E-state index < -0.39 is 0 Å². The van der Waals surface area contributed by atoms with Gasteiger partial charge in [0.05, 0.1) is 10.3 Å². The number of alkyl halides is 1. The molecule has 86 valence electrons. The van der Waals surface area contributed by atoms with Gasteiger partial charge in [0, 0.05) is 0 Å². The van der Waals surface area contributed by atoms with Gasteiger partial charge in [-0.05, 0) is 30.4 Å². The number of hydrogen-bond donors (Lipinski definition) is 0. The number of halogens is 1. The maximum atomic E-state index is 6.14. The van der Waals surface area contributed by atoms with Gasteiger partial charge >= 0.3 is 0 Å². The molecule has 0 radical (unpaired) electrons. The van der Waals surface area contributed by atoms with Crippen molar-refractivity contribution < 1.29 is 4.52 Å². The molecule has 0 saturated heterocycles. The van der Waals surface area contributed by atoms with Gasteiger partial charge in [0.2, 0.25) is 0 Å². The van der Waals surface area contributed by atoms with E-state index in [9.17, 15) is 0 Å². The van der Waals surface area contributed by atoms with E-state index >= 15 is 0 Å². The number of thiophene rings is 1. The van der Waals surface area contributed by atoms with Gasteiger partial charge in [-0.15, -0.1) is 22.9 Å². The molecule has 0 saturated carbocycles. The Bertz CT molecular complexity index is 466. The van der Waals surface area contributed by atoms with Crippen molar-refractivity contribution in [2.45, 2.75) is 32.1 Å². The quantitative estimate of drug-likeness (QED) is 0.770. The topological polar surface area (TPSA) is 38.9 Å². The molecule has 0 bridgehead atoms. The second kappa shape index (κ2) is 4.97. The van der Waals surface area contributed by atoms with Crippen molar-refractivity contribution in [2.24, 2.45) is 0 Å².